The van der Waals surface area contributed by atoms with E-state index in [1.165, 1.54) is 6.20 Å². The van der Waals surface area contributed by atoms with Crippen LogP contribution < -0.4 is 4.90 Å². The van der Waals surface area contributed by atoms with Crippen LogP contribution in [0, 0.1) is 11.3 Å². The van der Waals surface area contributed by atoms with Crippen LogP contribution in [0.15, 0.2) is 36.5 Å². The van der Waals surface area contributed by atoms with Crippen LogP contribution in [0.5, 0.6) is 0 Å². The highest BCUT2D eigenvalue weighted by Gasteiger charge is 2.26. The molecule has 0 unspecified atom stereocenters. The molecule has 1 aliphatic rings. The lowest BCUT2D eigenvalue weighted by Crippen LogP contribution is -2.50. The molecule has 2 aromatic rings. The highest BCUT2D eigenvalue weighted by Crippen LogP contribution is 2.16. The third-order valence-corrected chi connectivity index (χ3v) is 3.82. The number of rotatable bonds is 3. The maximum Gasteiger partial charge on any atom is 0.243 e. The third kappa shape index (κ3) is 3.65. The number of nitriles is 1. The van der Waals surface area contributed by atoms with Crippen LogP contribution in [0.25, 0.3) is 0 Å². The molecule has 0 radical (unpaired) electrons. The van der Waals surface area contributed by atoms with Gasteiger partial charge in [-0.25, -0.2) is 9.97 Å². The van der Waals surface area contributed by atoms with Crippen LogP contribution >= 0.6 is 11.6 Å². The predicted octanol–water partition coefficient (Wildman–Crippen LogP) is 1.85. The minimum Gasteiger partial charge on any atom is -0.288 e. The van der Waals surface area contributed by atoms with E-state index in [4.69, 9.17) is 16.9 Å². The molecule has 0 aliphatic carbocycles. The van der Waals surface area contributed by atoms with E-state index in [0.717, 1.165) is 5.56 Å². The minimum absolute atomic E-state index is 0.0602. The van der Waals surface area contributed by atoms with Gasteiger partial charge in [-0.1, -0.05) is 23.7 Å². The maximum absolute atomic E-state index is 12.3. The molecule has 0 N–H and O–H groups in total. The second kappa shape index (κ2) is 6.73. The van der Waals surface area contributed by atoms with Crippen molar-refractivity contribution in [1.29, 1.82) is 5.26 Å². The van der Waals surface area contributed by atoms with Gasteiger partial charge in [-0.15, -0.1) is 0 Å². The van der Waals surface area contributed by atoms with Gasteiger partial charge < -0.3 is 0 Å². The molecule has 3 rings (SSSR count). The Morgan fingerprint density at radius 2 is 2.17 bits per heavy atom. The van der Waals surface area contributed by atoms with E-state index in [-0.39, 0.29) is 12.5 Å². The molecule has 0 atom stereocenters. The molecular weight excluding hydrogens is 314 g/mol. The predicted molar refractivity (Wildman–Crippen MR) is 85.8 cm³/mol. The van der Waals surface area contributed by atoms with Gasteiger partial charge >= 0.3 is 0 Å². The van der Waals surface area contributed by atoms with Crippen LogP contribution in [-0.2, 0) is 11.3 Å². The Kier molecular flexibility index (Phi) is 4.51. The Balaban J connectivity index is 1.67. The number of benzene rings is 1. The van der Waals surface area contributed by atoms with Gasteiger partial charge in [-0.3, -0.25) is 14.6 Å². The molecular formula is C16H14ClN5O. The molecule has 2 heterocycles. The fourth-order valence-electron chi connectivity index (χ4n) is 2.52. The molecule has 1 aromatic heterocycles. The van der Waals surface area contributed by atoms with Crippen LogP contribution in [0.4, 0.5) is 5.95 Å². The van der Waals surface area contributed by atoms with Crippen molar-refractivity contribution in [3.63, 3.8) is 0 Å². The number of carbonyl (C=O) groups excluding carboxylic acids is 1. The van der Waals surface area contributed by atoms with Gasteiger partial charge in [0, 0.05) is 25.8 Å². The summed E-state index contributed by atoms with van der Waals surface area (Å²) in [6.07, 6.45) is 1.54. The highest BCUT2D eigenvalue weighted by molar-refractivity contribution is 6.29. The summed E-state index contributed by atoms with van der Waals surface area (Å²) in [6, 6.07) is 11.1. The molecule has 116 valence electrons. The van der Waals surface area contributed by atoms with Crippen molar-refractivity contribution in [2.24, 2.45) is 0 Å². The first-order valence-corrected chi connectivity index (χ1v) is 7.54. The van der Waals surface area contributed by atoms with Gasteiger partial charge in [0.1, 0.15) is 5.15 Å². The number of nitrogens with zero attached hydrogens (tertiary/aromatic N) is 5. The number of anilines is 1. The van der Waals surface area contributed by atoms with Crippen LogP contribution in [-0.4, -0.2) is 40.4 Å². The van der Waals surface area contributed by atoms with Crippen molar-refractivity contribution in [2.75, 3.05) is 24.5 Å². The highest BCUT2D eigenvalue weighted by atomic mass is 35.5. The first kappa shape index (κ1) is 15.4. The number of piperazine rings is 1. The topological polar surface area (TPSA) is 73.1 Å². The summed E-state index contributed by atoms with van der Waals surface area (Å²) in [5, 5.41) is 9.26. The van der Waals surface area contributed by atoms with Crippen LogP contribution in [0.2, 0.25) is 5.15 Å². The molecule has 6 nitrogen and oxygen atoms in total. The van der Waals surface area contributed by atoms with Crippen molar-refractivity contribution in [3.05, 3.63) is 52.8 Å². The second-order valence-electron chi connectivity index (χ2n) is 5.25. The quantitative estimate of drug-likeness (QED) is 0.804. The van der Waals surface area contributed by atoms with Gasteiger partial charge in [0.05, 0.1) is 18.2 Å². The maximum atomic E-state index is 12.3. The number of amides is 1. The minimum atomic E-state index is -0.0602. The summed E-state index contributed by atoms with van der Waals surface area (Å²) in [7, 11) is 0. The molecule has 7 heteroatoms. The zero-order chi connectivity index (χ0) is 16.2. The van der Waals surface area contributed by atoms with Crippen LogP contribution in [0.1, 0.15) is 11.1 Å². The van der Waals surface area contributed by atoms with Gasteiger partial charge in [0.2, 0.25) is 11.9 Å². The first-order valence-electron chi connectivity index (χ1n) is 7.16. The zero-order valence-corrected chi connectivity index (χ0v) is 13.1. The lowest BCUT2D eigenvalue weighted by molar-refractivity contribution is -0.121. The van der Waals surface area contributed by atoms with Crippen molar-refractivity contribution in [2.45, 2.75) is 6.54 Å². The van der Waals surface area contributed by atoms with E-state index in [0.29, 0.717) is 36.3 Å². The summed E-state index contributed by atoms with van der Waals surface area (Å²) in [5.41, 5.74) is 1.64. The van der Waals surface area contributed by atoms with Gasteiger partial charge in [-0.05, 0) is 23.8 Å². The van der Waals surface area contributed by atoms with E-state index < -0.39 is 0 Å². The van der Waals surface area contributed by atoms with E-state index in [1.807, 2.05) is 23.1 Å². The summed E-state index contributed by atoms with van der Waals surface area (Å²) < 4.78 is 0. The van der Waals surface area contributed by atoms with Gasteiger partial charge in [0.15, 0.2) is 0 Å². The zero-order valence-electron chi connectivity index (χ0n) is 12.3. The van der Waals surface area contributed by atoms with E-state index in [1.54, 1.807) is 17.0 Å². The molecule has 1 aromatic carbocycles. The Morgan fingerprint density at radius 1 is 1.30 bits per heavy atom. The van der Waals surface area contributed by atoms with E-state index in [2.05, 4.69) is 16.0 Å². The molecule has 1 saturated heterocycles. The van der Waals surface area contributed by atoms with Gasteiger partial charge in [0.25, 0.3) is 0 Å². The fourth-order valence-corrected chi connectivity index (χ4v) is 2.65. The molecule has 0 spiro atoms. The number of aromatic nitrogens is 2. The summed E-state index contributed by atoms with van der Waals surface area (Å²) in [4.78, 5) is 24.1. The standard InChI is InChI=1S/C16H14ClN5O/c17-14-4-5-19-16(20-14)22-7-6-21(11-15(22)23)10-13-3-1-2-12(8-13)9-18/h1-5,8H,6-7,10-11H2. The first-order chi connectivity index (χ1) is 11.2. The number of carbonyl (C=O) groups is 1. The molecule has 0 saturated carbocycles. The average Bonchev–Trinajstić information content (AvgIpc) is 2.55. The summed E-state index contributed by atoms with van der Waals surface area (Å²) in [6.45, 7) is 2.13. The lowest BCUT2D eigenvalue weighted by Gasteiger charge is -2.33. The van der Waals surface area contributed by atoms with Crippen molar-refractivity contribution < 1.29 is 4.79 Å². The van der Waals surface area contributed by atoms with E-state index in [9.17, 15) is 4.79 Å². The molecule has 23 heavy (non-hydrogen) atoms. The van der Waals surface area contributed by atoms with Crippen molar-refractivity contribution >= 4 is 23.5 Å². The molecule has 1 fully saturated rings. The van der Waals surface area contributed by atoms with Crippen molar-refractivity contribution in [1.82, 2.24) is 14.9 Å². The largest absolute Gasteiger partial charge is 0.288 e. The third-order valence-electron chi connectivity index (χ3n) is 3.61. The summed E-state index contributed by atoms with van der Waals surface area (Å²) in [5.74, 6) is 0.281. The molecule has 0 bridgehead atoms. The molecule has 1 aliphatic heterocycles. The smallest absolute Gasteiger partial charge is 0.243 e. The number of halogens is 1. The monoisotopic (exact) mass is 327 g/mol. The summed E-state index contributed by atoms with van der Waals surface area (Å²) >= 11 is 5.85. The van der Waals surface area contributed by atoms with Gasteiger partial charge in [-0.2, -0.15) is 5.26 Å². The second-order valence-corrected chi connectivity index (χ2v) is 5.63. The fraction of sp³-hybridized carbons (Fsp3) is 0.250. The number of hydrogen-bond donors (Lipinski definition) is 0. The number of hydrogen-bond acceptors (Lipinski definition) is 5. The lowest BCUT2D eigenvalue weighted by atomic mass is 10.1. The Labute approximate surface area is 138 Å². The van der Waals surface area contributed by atoms with Crippen LogP contribution in [0.3, 0.4) is 0 Å². The Morgan fingerprint density at radius 3 is 2.91 bits per heavy atom. The average molecular weight is 328 g/mol. The van der Waals surface area contributed by atoms with E-state index >= 15 is 0 Å². The Bertz CT molecular complexity index is 773. The normalized spacial score (nSPS) is 15.5. The SMILES string of the molecule is N#Cc1cccc(CN2CCN(c3nccc(Cl)n3)C(=O)C2)c1. The Hall–Kier alpha value is -2.49. The molecule has 1 amide bonds. The van der Waals surface area contributed by atoms with Crippen molar-refractivity contribution in [3.8, 4) is 6.07 Å².